The van der Waals surface area contributed by atoms with Crippen molar-refractivity contribution in [2.75, 3.05) is 6.61 Å². The number of carbonyl (C=O) groups is 1. The number of carbonyl (C=O) groups excluding carboxylic acids is 1. The summed E-state index contributed by atoms with van der Waals surface area (Å²) in [4.78, 5) is 11.6. The van der Waals surface area contributed by atoms with Crippen molar-refractivity contribution in [1.82, 2.24) is 5.32 Å². The van der Waals surface area contributed by atoms with Crippen LogP contribution in [0.1, 0.15) is 39.0 Å². The molecule has 1 amide bonds. The molecule has 86 valence electrons. The minimum absolute atomic E-state index is 0.178. The van der Waals surface area contributed by atoms with E-state index in [1.807, 2.05) is 0 Å². The van der Waals surface area contributed by atoms with Gasteiger partial charge in [0, 0.05) is 19.1 Å². The zero-order chi connectivity index (χ0) is 10.9. The van der Waals surface area contributed by atoms with Crippen LogP contribution in [0, 0.1) is 0 Å². The molecular formula is C11H20N2O2. The molecule has 1 saturated heterocycles. The molecule has 1 saturated carbocycles. The SMILES string of the molecule is CCC1CC(NC2CC2)(C(N)=O)CCO1. The second-order valence-corrected chi connectivity index (χ2v) is 4.72. The minimum atomic E-state index is -0.500. The third-order valence-corrected chi connectivity index (χ3v) is 3.44. The van der Waals surface area contributed by atoms with Crippen molar-refractivity contribution in [3.8, 4) is 0 Å². The highest BCUT2D eigenvalue weighted by Crippen LogP contribution is 2.31. The highest BCUT2D eigenvalue weighted by Gasteiger charge is 2.44. The van der Waals surface area contributed by atoms with Crippen LogP contribution in [-0.4, -0.2) is 30.2 Å². The number of rotatable bonds is 4. The van der Waals surface area contributed by atoms with Crippen molar-refractivity contribution in [3.05, 3.63) is 0 Å². The Morgan fingerprint density at radius 1 is 1.60 bits per heavy atom. The second kappa shape index (κ2) is 4.10. The Hall–Kier alpha value is -0.610. The quantitative estimate of drug-likeness (QED) is 0.715. The van der Waals surface area contributed by atoms with Crippen molar-refractivity contribution in [2.24, 2.45) is 5.73 Å². The standard InChI is InChI=1S/C11H20N2O2/c1-2-9-7-11(10(12)14,5-6-15-9)13-8-3-4-8/h8-9,13H,2-7H2,1H3,(H2,12,14). The Morgan fingerprint density at radius 2 is 2.33 bits per heavy atom. The number of primary amides is 1. The Kier molecular flexibility index (Phi) is 2.98. The van der Waals surface area contributed by atoms with Gasteiger partial charge >= 0.3 is 0 Å². The van der Waals surface area contributed by atoms with Crippen LogP contribution in [0.5, 0.6) is 0 Å². The molecule has 2 atom stereocenters. The van der Waals surface area contributed by atoms with Crippen molar-refractivity contribution < 1.29 is 9.53 Å². The van der Waals surface area contributed by atoms with Crippen LogP contribution in [0.25, 0.3) is 0 Å². The van der Waals surface area contributed by atoms with E-state index >= 15 is 0 Å². The molecule has 0 aromatic rings. The lowest BCUT2D eigenvalue weighted by Gasteiger charge is -2.39. The summed E-state index contributed by atoms with van der Waals surface area (Å²) in [6.07, 6.45) is 4.92. The molecule has 0 bridgehead atoms. The molecule has 15 heavy (non-hydrogen) atoms. The van der Waals surface area contributed by atoms with Crippen LogP contribution in [0.3, 0.4) is 0 Å². The van der Waals surface area contributed by atoms with Crippen LogP contribution < -0.4 is 11.1 Å². The number of nitrogens with one attached hydrogen (secondary N) is 1. The zero-order valence-corrected chi connectivity index (χ0v) is 9.29. The van der Waals surface area contributed by atoms with E-state index in [1.165, 1.54) is 12.8 Å². The largest absolute Gasteiger partial charge is 0.378 e. The molecule has 1 aliphatic heterocycles. The topological polar surface area (TPSA) is 64.3 Å². The second-order valence-electron chi connectivity index (χ2n) is 4.72. The fourth-order valence-corrected chi connectivity index (χ4v) is 2.26. The molecule has 2 unspecified atom stereocenters. The van der Waals surface area contributed by atoms with Gasteiger partial charge in [0.25, 0.3) is 0 Å². The van der Waals surface area contributed by atoms with Gasteiger partial charge in [0.1, 0.15) is 5.54 Å². The number of amides is 1. The maximum absolute atomic E-state index is 11.6. The first-order valence-corrected chi connectivity index (χ1v) is 5.85. The van der Waals surface area contributed by atoms with Crippen LogP contribution in [-0.2, 0) is 9.53 Å². The van der Waals surface area contributed by atoms with E-state index in [0.717, 1.165) is 19.3 Å². The van der Waals surface area contributed by atoms with E-state index in [9.17, 15) is 4.79 Å². The van der Waals surface area contributed by atoms with E-state index in [1.54, 1.807) is 0 Å². The summed E-state index contributed by atoms with van der Waals surface area (Å²) in [6, 6.07) is 0.508. The van der Waals surface area contributed by atoms with E-state index in [0.29, 0.717) is 12.6 Å². The van der Waals surface area contributed by atoms with Gasteiger partial charge in [-0.2, -0.15) is 0 Å². The molecular weight excluding hydrogens is 192 g/mol. The molecule has 1 aliphatic carbocycles. The average molecular weight is 212 g/mol. The van der Waals surface area contributed by atoms with Gasteiger partial charge in [0.2, 0.25) is 5.91 Å². The molecule has 3 N–H and O–H groups in total. The van der Waals surface area contributed by atoms with E-state index in [4.69, 9.17) is 10.5 Å². The summed E-state index contributed by atoms with van der Waals surface area (Å²) in [5, 5.41) is 3.42. The van der Waals surface area contributed by atoms with Gasteiger partial charge in [-0.1, -0.05) is 6.92 Å². The van der Waals surface area contributed by atoms with Gasteiger partial charge in [-0.25, -0.2) is 0 Å². The molecule has 0 aromatic heterocycles. The van der Waals surface area contributed by atoms with Crippen molar-refractivity contribution in [1.29, 1.82) is 0 Å². The smallest absolute Gasteiger partial charge is 0.237 e. The molecule has 1 heterocycles. The first-order chi connectivity index (χ1) is 7.16. The monoisotopic (exact) mass is 212 g/mol. The maximum atomic E-state index is 11.6. The highest BCUT2D eigenvalue weighted by molar-refractivity contribution is 5.85. The number of hydrogen-bond donors (Lipinski definition) is 2. The molecule has 0 radical (unpaired) electrons. The molecule has 2 rings (SSSR count). The minimum Gasteiger partial charge on any atom is -0.378 e. The highest BCUT2D eigenvalue weighted by atomic mass is 16.5. The normalized spacial score (nSPS) is 36.5. The Bertz CT molecular complexity index is 253. The lowest BCUT2D eigenvalue weighted by Crippen LogP contribution is -2.60. The van der Waals surface area contributed by atoms with Gasteiger partial charge in [-0.3, -0.25) is 4.79 Å². The molecule has 4 heteroatoms. The summed E-state index contributed by atoms with van der Waals surface area (Å²) in [5.74, 6) is -0.212. The first-order valence-electron chi connectivity index (χ1n) is 5.85. The predicted molar refractivity (Wildman–Crippen MR) is 57.3 cm³/mol. The number of ether oxygens (including phenoxy) is 1. The van der Waals surface area contributed by atoms with Gasteiger partial charge in [-0.05, 0) is 25.7 Å². The van der Waals surface area contributed by atoms with Gasteiger partial charge in [-0.15, -0.1) is 0 Å². The van der Waals surface area contributed by atoms with E-state index < -0.39 is 5.54 Å². The first kappa shape index (κ1) is 10.9. The van der Waals surface area contributed by atoms with Crippen LogP contribution in [0.15, 0.2) is 0 Å². The summed E-state index contributed by atoms with van der Waals surface area (Å²) in [6.45, 7) is 2.72. The summed E-state index contributed by atoms with van der Waals surface area (Å²) < 4.78 is 5.59. The third kappa shape index (κ3) is 2.32. The zero-order valence-electron chi connectivity index (χ0n) is 9.29. The van der Waals surface area contributed by atoms with Crippen molar-refractivity contribution in [2.45, 2.75) is 56.7 Å². The van der Waals surface area contributed by atoms with Gasteiger partial charge < -0.3 is 15.8 Å². The number of hydrogen-bond acceptors (Lipinski definition) is 3. The predicted octanol–water partition coefficient (Wildman–Crippen LogP) is 0.551. The van der Waals surface area contributed by atoms with Crippen LogP contribution in [0.2, 0.25) is 0 Å². The summed E-state index contributed by atoms with van der Waals surface area (Å²) in [5.41, 5.74) is 5.04. The lowest BCUT2D eigenvalue weighted by atomic mass is 9.85. The molecule has 0 aromatic carbocycles. The summed E-state index contributed by atoms with van der Waals surface area (Å²) >= 11 is 0. The molecule has 0 spiro atoms. The third-order valence-electron chi connectivity index (χ3n) is 3.44. The van der Waals surface area contributed by atoms with Crippen LogP contribution >= 0.6 is 0 Å². The fraction of sp³-hybridized carbons (Fsp3) is 0.909. The van der Waals surface area contributed by atoms with E-state index in [-0.39, 0.29) is 12.0 Å². The maximum Gasteiger partial charge on any atom is 0.237 e. The number of nitrogens with two attached hydrogens (primary N) is 1. The molecule has 4 nitrogen and oxygen atoms in total. The van der Waals surface area contributed by atoms with Crippen LogP contribution in [0.4, 0.5) is 0 Å². The Morgan fingerprint density at radius 3 is 2.87 bits per heavy atom. The van der Waals surface area contributed by atoms with Crippen molar-refractivity contribution >= 4 is 5.91 Å². The van der Waals surface area contributed by atoms with Gasteiger partial charge in [0.05, 0.1) is 6.10 Å². The van der Waals surface area contributed by atoms with E-state index in [2.05, 4.69) is 12.2 Å². The van der Waals surface area contributed by atoms with Gasteiger partial charge in [0.15, 0.2) is 0 Å². The average Bonchev–Trinajstić information content (AvgIpc) is 3.01. The Labute approximate surface area is 90.5 Å². The van der Waals surface area contributed by atoms with Crippen molar-refractivity contribution in [3.63, 3.8) is 0 Å². The molecule has 2 fully saturated rings. The Balaban J connectivity index is 2.05. The lowest BCUT2D eigenvalue weighted by molar-refractivity contribution is -0.131. The summed E-state index contributed by atoms with van der Waals surface area (Å²) in [7, 11) is 0. The fourth-order valence-electron chi connectivity index (χ4n) is 2.26. The molecule has 2 aliphatic rings.